The summed E-state index contributed by atoms with van der Waals surface area (Å²) in [5.74, 6) is 0.910. The van der Waals surface area contributed by atoms with Crippen LogP contribution in [-0.2, 0) is 6.54 Å². The zero-order valence-electron chi connectivity index (χ0n) is 19.1. The van der Waals surface area contributed by atoms with E-state index in [4.69, 9.17) is 4.99 Å². The van der Waals surface area contributed by atoms with Crippen LogP contribution in [0.3, 0.4) is 0 Å². The van der Waals surface area contributed by atoms with Gasteiger partial charge in [-0.2, -0.15) is 5.10 Å². The van der Waals surface area contributed by atoms with Crippen molar-refractivity contribution in [2.45, 2.75) is 66.0 Å². The van der Waals surface area contributed by atoms with Gasteiger partial charge in [0.05, 0.1) is 17.9 Å². The van der Waals surface area contributed by atoms with Crippen LogP contribution in [0.1, 0.15) is 56.5 Å². The molecule has 1 aromatic carbocycles. The van der Waals surface area contributed by atoms with Crippen LogP contribution < -0.4 is 10.6 Å². The largest absolute Gasteiger partial charge is 0.357 e. The highest BCUT2D eigenvalue weighted by Crippen LogP contribution is 2.18. The van der Waals surface area contributed by atoms with E-state index in [2.05, 4.69) is 71.7 Å². The number of unbranched alkanes of at least 4 members (excludes halogenated alkanes) is 1. The van der Waals surface area contributed by atoms with Gasteiger partial charge in [0.15, 0.2) is 5.96 Å². The molecule has 1 fully saturated rings. The number of nitrogens with zero attached hydrogens (tertiary/aromatic N) is 4. The van der Waals surface area contributed by atoms with E-state index in [1.807, 2.05) is 11.6 Å². The molecular formula is C24H38N6. The SMILES string of the molecule is CCCCN1CCC(NC(=NCc2ccccc2-n2nc(C)cc2C)NCC)CC1. The number of aromatic nitrogens is 2. The summed E-state index contributed by atoms with van der Waals surface area (Å²) in [4.78, 5) is 7.50. The molecule has 0 unspecified atom stereocenters. The van der Waals surface area contributed by atoms with E-state index in [0.717, 1.165) is 29.6 Å². The Bertz CT molecular complexity index is 817. The molecule has 0 radical (unpaired) electrons. The third kappa shape index (κ3) is 6.08. The predicted octanol–water partition coefficient (Wildman–Crippen LogP) is 3.81. The molecule has 0 saturated carbocycles. The van der Waals surface area contributed by atoms with Crippen LogP contribution in [0.25, 0.3) is 5.69 Å². The fraction of sp³-hybridized carbons (Fsp3) is 0.583. The van der Waals surface area contributed by atoms with E-state index in [1.165, 1.54) is 50.9 Å². The summed E-state index contributed by atoms with van der Waals surface area (Å²) in [7, 11) is 0. The quantitative estimate of drug-likeness (QED) is 0.513. The van der Waals surface area contributed by atoms with Gasteiger partial charge in [0, 0.05) is 31.4 Å². The summed E-state index contributed by atoms with van der Waals surface area (Å²) < 4.78 is 2.02. The van der Waals surface area contributed by atoms with Gasteiger partial charge in [0.25, 0.3) is 0 Å². The lowest BCUT2D eigenvalue weighted by Crippen LogP contribution is -2.48. The number of hydrogen-bond donors (Lipinski definition) is 2. The zero-order valence-corrected chi connectivity index (χ0v) is 19.1. The topological polar surface area (TPSA) is 57.5 Å². The summed E-state index contributed by atoms with van der Waals surface area (Å²) in [6.07, 6.45) is 4.93. The minimum Gasteiger partial charge on any atom is -0.357 e. The van der Waals surface area contributed by atoms with Crippen molar-refractivity contribution in [2.75, 3.05) is 26.2 Å². The third-order valence-electron chi connectivity index (χ3n) is 5.74. The van der Waals surface area contributed by atoms with Crippen molar-refractivity contribution in [1.29, 1.82) is 0 Å². The standard InChI is InChI=1S/C24H38N6/c1-5-7-14-29-15-12-22(13-16-29)27-24(25-6-2)26-18-21-10-8-9-11-23(21)30-20(4)17-19(3)28-30/h8-11,17,22H,5-7,12-16,18H2,1-4H3,(H2,25,26,27). The average molecular weight is 411 g/mol. The van der Waals surface area contributed by atoms with Gasteiger partial charge in [-0.15, -0.1) is 0 Å². The van der Waals surface area contributed by atoms with E-state index >= 15 is 0 Å². The molecule has 1 aromatic heterocycles. The number of aryl methyl sites for hydroxylation is 2. The Labute approximate surface area is 181 Å². The van der Waals surface area contributed by atoms with Gasteiger partial charge in [-0.25, -0.2) is 9.67 Å². The predicted molar refractivity (Wildman–Crippen MR) is 125 cm³/mol. The molecule has 0 aliphatic carbocycles. The summed E-state index contributed by atoms with van der Waals surface area (Å²) >= 11 is 0. The van der Waals surface area contributed by atoms with Gasteiger partial charge in [0.2, 0.25) is 0 Å². The number of benzene rings is 1. The van der Waals surface area contributed by atoms with E-state index in [0.29, 0.717) is 12.6 Å². The Morgan fingerprint density at radius 2 is 1.93 bits per heavy atom. The second kappa shape index (κ2) is 11.2. The molecule has 2 N–H and O–H groups in total. The lowest BCUT2D eigenvalue weighted by molar-refractivity contribution is 0.203. The first-order valence-corrected chi connectivity index (χ1v) is 11.5. The van der Waals surface area contributed by atoms with Gasteiger partial charge in [-0.05, 0) is 64.3 Å². The summed E-state index contributed by atoms with van der Waals surface area (Å²) in [5, 5.41) is 11.8. The van der Waals surface area contributed by atoms with E-state index in [9.17, 15) is 0 Å². The maximum atomic E-state index is 4.91. The normalized spacial score (nSPS) is 16.1. The van der Waals surface area contributed by atoms with Gasteiger partial charge in [0.1, 0.15) is 0 Å². The molecule has 1 saturated heterocycles. The molecule has 30 heavy (non-hydrogen) atoms. The number of hydrogen-bond acceptors (Lipinski definition) is 3. The Morgan fingerprint density at radius 3 is 2.60 bits per heavy atom. The molecule has 0 spiro atoms. The third-order valence-corrected chi connectivity index (χ3v) is 5.74. The Kier molecular flexibility index (Phi) is 8.31. The highest BCUT2D eigenvalue weighted by atomic mass is 15.3. The lowest BCUT2D eigenvalue weighted by Gasteiger charge is -2.33. The first-order chi connectivity index (χ1) is 14.6. The summed E-state index contributed by atoms with van der Waals surface area (Å²) in [5.41, 5.74) is 4.46. The smallest absolute Gasteiger partial charge is 0.191 e. The number of aliphatic imine (C=N–C) groups is 1. The molecule has 6 nitrogen and oxygen atoms in total. The van der Waals surface area contributed by atoms with Crippen molar-refractivity contribution in [2.24, 2.45) is 4.99 Å². The molecule has 2 heterocycles. The molecule has 6 heteroatoms. The molecule has 0 amide bonds. The highest BCUT2D eigenvalue weighted by Gasteiger charge is 2.19. The number of guanidine groups is 1. The van der Waals surface area contributed by atoms with E-state index in [1.54, 1.807) is 0 Å². The molecular weight excluding hydrogens is 372 g/mol. The maximum absolute atomic E-state index is 4.91. The number of rotatable bonds is 8. The Morgan fingerprint density at radius 1 is 1.17 bits per heavy atom. The van der Waals surface area contributed by atoms with Crippen molar-refractivity contribution in [3.8, 4) is 5.69 Å². The van der Waals surface area contributed by atoms with Crippen LogP contribution in [0.5, 0.6) is 0 Å². The highest BCUT2D eigenvalue weighted by molar-refractivity contribution is 5.80. The van der Waals surface area contributed by atoms with Crippen molar-refractivity contribution in [3.63, 3.8) is 0 Å². The van der Waals surface area contributed by atoms with Crippen LogP contribution in [0.4, 0.5) is 0 Å². The van der Waals surface area contributed by atoms with E-state index in [-0.39, 0.29) is 0 Å². The molecule has 0 bridgehead atoms. The molecule has 3 rings (SSSR count). The van der Waals surface area contributed by atoms with Crippen LogP contribution in [0.15, 0.2) is 35.3 Å². The number of nitrogens with one attached hydrogen (secondary N) is 2. The van der Waals surface area contributed by atoms with Crippen molar-refractivity contribution < 1.29 is 0 Å². The fourth-order valence-electron chi connectivity index (χ4n) is 4.08. The fourth-order valence-corrected chi connectivity index (χ4v) is 4.08. The average Bonchev–Trinajstić information content (AvgIpc) is 3.09. The van der Waals surface area contributed by atoms with Crippen LogP contribution in [0, 0.1) is 13.8 Å². The van der Waals surface area contributed by atoms with Gasteiger partial charge >= 0.3 is 0 Å². The first-order valence-electron chi connectivity index (χ1n) is 11.5. The number of piperidine rings is 1. The lowest BCUT2D eigenvalue weighted by atomic mass is 10.0. The first kappa shape index (κ1) is 22.3. The number of para-hydroxylation sites is 1. The molecule has 164 valence electrons. The Hall–Kier alpha value is -2.34. The van der Waals surface area contributed by atoms with Gasteiger partial charge in [-0.3, -0.25) is 0 Å². The van der Waals surface area contributed by atoms with Crippen molar-refractivity contribution in [1.82, 2.24) is 25.3 Å². The second-order valence-corrected chi connectivity index (χ2v) is 8.28. The molecule has 0 atom stereocenters. The zero-order chi connectivity index (χ0) is 21.3. The molecule has 2 aromatic rings. The van der Waals surface area contributed by atoms with E-state index < -0.39 is 0 Å². The minimum absolute atomic E-state index is 0.493. The monoisotopic (exact) mass is 410 g/mol. The van der Waals surface area contributed by atoms with Crippen molar-refractivity contribution >= 4 is 5.96 Å². The van der Waals surface area contributed by atoms with Crippen LogP contribution in [0.2, 0.25) is 0 Å². The van der Waals surface area contributed by atoms with Crippen LogP contribution >= 0.6 is 0 Å². The molecule has 1 aliphatic rings. The minimum atomic E-state index is 0.493. The van der Waals surface area contributed by atoms with Gasteiger partial charge < -0.3 is 15.5 Å². The van der Waals surface area contributed by atoms with Gasteiger partial charge in [-0.1, -0.05) is 31.5 Å². The second-order valence-electron chi connectivity index (χ2n) is 8.28. The Balaban J connectivity index is 1.65. The molecule has 1 aliphatic heterocycles. The summed E-state index contributed by atoms with van der Waals surface area (Å²) in [6, 6.07) is 11.0. The maximum Gasteiger partial charge on any atom is 0.191 e. The summed E-state index contributed by atoms with van der Waals surface area (Å²) in [6.45, 7) is 13.6. The number of likely N-dealkylation sites (tertiary alicyclic amines) is 1. The van der Waals surface area contributed by atoms with Crippen molar-refractivity contribution in [3.05, 3.63) is 47.3 Å². The van der Waals surface area contributed by atoms with Crippen LogP contribution in [-0.4, -0.2) is 52.9 Å².